The summed E-state index contributed by atoms with van der Waals surface area (Å²) < 4.78 is 0. The number of hydrogen-bond acceptors (Lipinski definition) is 5. The summed E-state index contributed by atoms with van der Waals surface area (Å²) in [7, 11) is 0. The van der Waals surface area contributed by atoms with Crippen LogP contribution < -0.4 is 0 Å². The van der Waals surface area contributed by atoms with E-state index in [0.717, 1.165) is 0 Å². The highest BCUT2D eigenvalue weighted by Gasteiger charge is 2.37. The Hall–Kier alpha value is -2.73. The van der Waals surface area contributed by atoms with E-state index < -0.39 is 11.8 Å². The first kappa shape index (κ1) is 13.3. The molecule has 0 aliphatic carbocycles. The molecule has 1 aliphatic heterocycles. The van der Waals surface area contributed by atoms with Crippen LogP contribution in [0.25, 0.3) is 0 Å². The first-order valence-electron chi connectivity index (χ1n) is 5.98. The SMILES string of the molecule is O=C1c2ccccc2C(=O)N1ON=Nc1ccc(Cl)cc1. The maximum Gasteiger partial charge on any atom is 0.297 e. The van der Waals surface area contributed by atoms with Crippen LogP contribution in [-0.4, -0.2) is 16.9 Å². The number of amides is 2. The number of hydrogen-bond donors (Lipinski definition) is 0. The highest BCUT2D eigenvalue weighted by Crippen LogP contribution is 2.23. The molecule has 7 heteroatoms. The van der Waals surface area contributed by atoms with Gasteiger partial charge in [-0.15, -0.1) is 5.11 Å². The molecular weight excluding hydrogens is 294 g/mol. The maximum absolute atomic E-state index is 12.0. The van der Waals surface area contributed by atoms with Crippen molar-refractivity contribution in [1.82, 2.24) is 5.06 Å². The Morgan fingerprint density at radius 1 is 0.905 bits per heavy atom. The van der Waals surface area contributed by atoms with Gasteiger partial charge in [-0.2, -0.15) is 0 Å². The molecule has 1 heterocycles. The van der Waals surface area contributed by atoms with Crippen molar-refractivity contribution in [3.63, 3.8) is 0 Å². The van der Waals surface area contributed by atoms with E-state index >= 15 is 0 Å². The summed E-state index contributed by atoms with van der Waals surface area (Å²) in [5, 5.41) is 8.28. The summed E-state index contributed by atoms with van der Waals surface area (Å²) in [5.41, 5.74) is 1.05. The molecule has 2 aromatic rings. The summed E-state index contributed by atoms with van der Waals surface area (Å²) in [6.07, 6.45) is 0. The topological polar surface area (TPSA) is 71.3 Å². The monoisotopic (exact) mass is 301 g/mol. The van der Waals surface area contributed by atoms with E-state index in [0.29, 0.717) is 15.8 Å². The van der Waals surface area contributed by atoms with Gasteiger partial charge >= 0.3 is 0 Å². The largest absolute Gasteiger partial charge is 0.297 e. The number of fused-ring (bicyclic) bond motifs is 1. The van der Waals surface area contributed by atoms with Gasteiger partial charge in [0, 0.05) is 5.02 Å². The zero-order valence-electron chi connectivity index (χ0n) is 10.6. The number of carbonyl (C=O) groups excluding carboxylic acids is 2. The van der Waals surface area contributed by atoms with Crippen LogP contribution >= 0.6 is 11.6 Å². The third kappa shape index (κ3) is 2.48. The average Bonchev–Trinajstić information content (AvgIpc) is 2.75. The fraction of sp³-hybridized carbons (Fsp3) is 0. The van der Waals surface area contributed by atoms with E-state index in [2.05, 4.69) is 10.4 Å². The minimum atomic E-state index is -0.564. The normalized spacial score (nSPS) is 13.9. The van der Waals surface area contributed by atoms with E-state index in [1.165, 1.54) is 0 Å². The van der Waals surface area contributed by atoms with Crippen molar-refractivity contribution >= 4 is 29.1 Å². The molecule has 0 saturated carbocycles. The highest BCUT2D eigenvalue weighted by atomic mass is 35.5. The summed E-state index contributed by atoms with van der Waals surface area (Å²) in [6.45, 7) is 0. The minimum Gasteiger partial charge on any atom is -0.265 e. The minimum absolute atomic E-state index is 0.282. The second kappa shape index (κ2) is 5.34. The van der Waals surface area contributed by atoms with Crippen molar-refractivity contribution in [3.8, 4) is 0 Å². The van der Waals surface area contributed by atoms with Gasteiger partial charge in [0.1, 0.15) is 0 Å². The van der Waals surface area contributed by atoms with Gasteiger partial charge < -0.3 is 0 Å². The van der Waals surface area contributed by atoms with Gasteiger partial charge in [-0.25, -0.2) is 4.94 Å². The smallest absolute Gasteiger partial charge is 0.265 e. The third-order valence-electron chi connectivity index (χ3n) is 2.86. The van der Waals surface area contributed by atoms with E-state index in [-0.39, 0.29) is 11.1 Å². The van der Waals surface area contributed by atoms with Crippen molar-refractivity contribution in [2.24, 2.45) is 10.4 Å². The third-order valence-corrected chi connectivity index (χ3v) is 3.11. The molecule has 1 aliphatic rings. The quantitative estimate of drug-likeness (QED) is 0.494. The highest BCUT2D eigenvalue weighted by molar-refractivity contribution is 6.30. The van der Waals surface area contributed by atoms with Crippen LogP contribution in [0.15, 0.2) is 58.9 Å². The van der Waals surface area contributed by atoms with Gasteiger partial charge in [0.2, 0.25) is 0 Å². The van der Waals surface area contributed by atoms with Gasteiger partial charge in [-0.05, 0) is 36.4 Å². The number of imide groups is 1. The number of carbonyl (C=O) groups is 2. The van der Waals surface area contributed by atoms with Crippen LogP contribution in [0.3, 0.4) is 0 Å². The van der Waals surface area contributed by atoms with E-state index in [1.54, 1.807) is 48.5 Å². The Balaban J connectivity index is 1.74. The first-order valence-corrected chi connectivity index (χ1v) is 6.36. The Bertz CT molecular complexity index is 708. The average molecular weight is 302 g/mol. The van der Waals surface area contributed by atoms with Crippen molar-refractivity contribution in [1.29, 1.82) is 0 Å². The molecule has 0 radical (unpaired) electrons. The molecule has 104 valence electrons. The molecule has 3 rings (SSSR count). The molecule has 0 spiro atoms. The first-order chi connectivity index (χ1) is 10.2. The molecule has 2 amide bonds. The van der Waals surface area contributed by atoms with Crippen LogP contribution in [0, 0.1) is 0 Å². The molecular formula is C14H8ClN3O3. The predicted octanol–water partition coefficient (Wildman–Crippen LogP) is 3.57. The molecule has 2 aromatic carbocycles. The summed E-state index contributed by atoms with van der Waals surface area (Å²) in [5.74, 6) is -1.13. The second-order valence-electron chi connectivity index (χ2n) is 4.19. The van der Waals surface area contributed by atoms with E-state index in [1.807, 2.05) is 0 Å². The molecule has 21 heavy (non-hydrogen) atoms. The van der Waals surface area contributed by atoms with Crippen LogP contribution in [0.5, 0.6) is 0 Å². The lowest BCUT2D eigenvalue weighted by Gasteiger charge is -2.06. The number of rotatable bonds is 3. The predicted molar refractivity (Wildman–Crippen MR) is 74.0 cm³/mol. The van der Waals surface area contributed by atoms with Crippen LogP contribution in [0.2, 0.25) is 5.02 Å². The van der Waals surface area contributed by atoms with Crippen LogP contribution in [0.4, 0.5) is 5.69 Å². The Morgan fingerprint density at radius 2 is 1.48 bits per heavy atom. The molecule has 0 fully saturated rings. The number of benzene rings is 2. The van der Waals surface area contributed by atoms with E-state index in [9.17, 15) is 9.59 Å². The number of nitrogens with zero attached hydrogens (tertiary/aromatic N) is 3. The summed E-state index contributed by atoms with van der Waals surface area (Å²) in [6, 6.07) is 13.0. The Kier molecular flexibility index (Phi) is 3.37. The lowest BCUT2D eigenvalue weighted by Crippen LogP contribution is -2.27. The zero-order chi connectivity index (χ0) is 14.8. The summed E-state index contributed by atoms with van der Waals surface area (Å²) >= 11 is 5.74. The molecule has 0 atom stereocenters. The van der Waals surface area contributed by atoms with Crippen LogP contribution in [-0.2, 0) is 4.94 Å². The second-order valence-corrected chi connectivity index (χ2v) is 4.63. The van der Waals surface area contributed by atoms with Gasteiger partial charge in [0.15, 0.2) is 0 Å². The van der Waals surface area contributed by atoms with Crippen molar-refractivity contribution in [3.05, 3.63) is 64.7 Å². The molecule has 0 unspecified atom stereocenters. The molecule has 0 aromatic heterocycles. The van der Waals surface area contributed by atoms with Crippen molar-refractivity contribution < 1.29 is 14.5 Å². The van der Waals surface area contributed by atoms with Crippen molar-refractivity contribution in [2.75, 3.05) is 0 Å². The Labute approximate surface area is 124 Å². The molecule has 0 saturated heterocycles. The van der Waals surface area contributed by atoms with Crippen LogP contribution in [0.1, 0.15) is 20.7 Å². The molecule has 0 N–H and O–H groups in total. The molecule has 6 nitrogen and oxygen atoms in total. The number of hydroxylamine groups is 2. The number of halogens is 1. The van der Waals surface area contributed by atoms with Gasteiger partial charge in [0.05, 0.1) is 22.1 Å². The van der Waals surface area contributed by atoms with E-state index in [4.69, 9.17) is 16.5 Å². The fourth-order valence-electron chi connectivity index (χ4n) is 1.85. The lowest BCUT2D eigenvalue weighted by atomic mass is 10.1. The van der Waals surface area contributed by atoms with Gasteiger partial charge in [-0.1, -0.05) is 28.8 Å². The lowest BCUT2D eigenvalue weighted by molar-refractivity contribution is -0.0981. The standard InChI is InChI=1S/C14H8ClN3O3/c15-9-5-7-10(8-6-9)16-17-21-18-13(19)11-3-1-2-4-12(11)14(18)20/h1-8H. The van der Waals surface area contributed by atoms with Gasteiger partial charge in [-0.3, -0.25) is 9.59 Å². The fourth-order valence-corrected chi connectivity index (χ4v) is 1.98. The zero-order valence-corrected chi connectivity index (χ0v) is 11.3. The van der Waals surface area contributed by atoms with Crippen molar-refractivity contribution in [2.45, 2.75) is 0 Å². The Morgan fingerprint density at radius 3 is 2.05 bits per heavy atom. The maximum atomic E-state index is 12.0. The van der Waals surface area contributed by atoms with Gasteiger partial charge in [0.25, 0.3) is 11.8 Å². The molecule has 0 bridgehead atoms. The summed E-state index contributed by atoms with van der Waals surface area (Å²) in [4.78, 5) is 28.7.